The van der Waals surface area contributed by atoms with Crippen LogP contribution in [0.2, 0.25) is 5.02 Å². The highest BCUT2D eigenvalue weighted by Crippen LogP contribution is 2.32. The molecule has 0 aliphatic heterocycles. The molecule has 0 spiro atoms. The fourth-order valence-electron chi connectivity index (χ4n) is 3.19. The number of alkyl halides is 3. The average Bonchev–Trinajstić information content (AvgIpc) is 2.69. The van der Waals surface area contributed by atoms with E-state index in [0.717, 1.165) is 35.5 Å². The Morgan fingerprint density at radius 3 is 2.57 bits per heavy atom. The number of rotatable bonds is 5. The number of amides is 1. The number of fused-ring (bicyclic) bond motifs is 1. The van der Waals surface area contributed by atoms with Crippen LogP contribution >= 0.6 is 11.6 Å². The van der Waals surface area contributed by atoms with Crippen LogP contribution in [0.1, 0.15) is 47.1 Å². The largest absolute Gasteiger partial charge is 0.416 e. The molecule has 0 unspecified atom stereocenters. The lowest BCUT2D eigenvalue weighted by atomic mass is 10.0. The minimum Gasteiger partial charge on any atom is -0.385 e. The van der Waals surface area contributed by atoms with Gasteiger partial charge in [-0.15, -0.1) is 0 Å². The SMILES string of the molecule is CCNc1cc(Cl)c([C@@H](C)NC(=O)c2ccc3cc(C(F)(F)F)ccc3n2)cc1C. The Bertz CT molecular complexity index is 1100. The molecule has 8 heteroatoms. The molecule has 2 N–H and O–H groups in total. The number of halogens is 4. The van der Waals surface area contributed by atoms with E-state index in [1.165, 1.54) is 18.2 Å². The third-order valence-corrected chi connectivity index (χ3v) is 5.10. The summed E-state index contributed by atoms with van der Waals surface area (Å²) in [6, 6.07) is 9.45. The standard InChI is InChI=1S/C22H21ClF3N3O/c1-4-27-20-11-17(23)16(9-12(20)2)13(3)28-21(30)19-7-5-14-10-15(22(24,25)26)6-8-18(14)29-19/h5-11,13,27H,4H2,1-3H3,(H,28,30)/t13-/m1/s1. The first kappa shape index (κ1) is 21.9. The Labute approximate surface area is 177 Å². The van der Waals surface area contributed by atoms with Crippen molar-refractivity contribution in [1.29, 1.82) is 0 Å². The molecule has 0 bridgehead atoms. The van der Waals surface area contributed by atoms with Gasteiger partial charge in [-0.25, -0.2) is 4.98 Å². The third kappa shape index (κ3) is 4.67. The zero-order chi connectivity index (χ0) is 22.1. The quantitative estimate of drug-likeness (QED) is 0.506. The van der Waals surface area contributed by atoms with Crippen molar-refractivity contribution in [3.8, 4) is 0 Å². The maximum absolute atomic E-state index is 12.9. The number of pyridine rings is 1. The molecule has 30 heavy (non-hydrogen) atoms. The molecule has 1 atom stereocenters. The van der Waals surface area contributed by atoms with E-state index in [1.807, 2.05) is 32.9 Å². The van der Waals surface area contributed by atoms with Gasteiger partial charge < -0.3 is 10.6 Å². The Kier molecular flexibility index (Phi) is 6.22. The number of hydrogen-bond donors (Lipinski definition) is 2. The fourth-order valence-corrected chi connectivity index (χ4v) is 3.52. The summed E-state index contributed by atoms with van der Waals surface area (Å²) >= 11 is 6.39. The van der Waals surface area contributed by atoms with Crippen LogP contribution in [-0.2, 0) is 6.18 Å². The fraction of sp³-hybridized carbons (Fsp3) is 0.273. The number of carbonyl (C=O) groups excluding carboxylic acids is 1. The van der Waals surface area contributed by atoms with Crippen molar-refractivity contribution in [1.82, 2.24) is 10.3 Å². The van der Waals surface area contributed by atoms with Crippen LogP contribution in [0.15, 0.2) is 42.5 Å². The van der Waals surface area contributed by atoms with Crippen molar-refractivity contribution in [3.05, 3.63) is 69.9 Å². The van der Waals surface area contributed by atoms with Crippen molar-refractivity contribution in [2.75, 3.05) is 11.9 Å². The molecule has 0 aliphatic carbocycles. The predicted molar refractivity (Wildman–Crippen MR) is 113 cm³/mol. The molecule has 4 nitrogen and oxygen atoms in total. The molecule has 0 aliphatic rings. The molecular formula is C22H21ClF3N3O. The van der Waals surface area contributed by atoms with Gasteiger partial charge in [0.25, 0.3) is 5.91 Å². The first-order valence-corrected chi connectivity index (χ1v) is 9.80. The normalized spacial score (nSPS) is 12.6. The number of nitrogens with zero attached hydrogens (tertiary/aromatic N) is 1. The lowest BCUT2D eigenvalue weighted by molar-refractivity contribution is -0.137. The van der Waals surface area contributed by atoms with Crippen LogP contribution in [0, 0.1) is 6.92 Å². The monoisotopic (exact) mass is 435 g/mol. The van der Waals surface area contributed by atoms with Crippen molar-refractivity contribution in [2.45, 2.75) is 33.0 Å². The third-order valence-electron chi connectivity index (χ3n) is 4.77. The number of nitrogens with one attached hydrogen (secondary N) is 2. The molecule has 0 saturated heterocycles. The number of aromatic nitrogens is 1. The zero-order valence-electron chi connectivity index (χ0n) is 16.7. The van der Waals surface area contributed by atoms with Gasteiger partial charge in [0.05, 0.1) is 17.1 Å². The number of anilines is 1. The number of benzene rings is 2. The summed E-state index contributed by atoms with van der Waals surface area (Å²) in [5.41, 5.74) is 2.37. The van der Waals surface area contributed by atoms with Crippen molar-refractivity contribution >= 4 is 34.1 Å². The topological polar surface area (TPSA) is 54.0 Å². The van der Waals surface area contributed by atoms with Gasteiger partial charge >= 0.3 is 6.18 Å². The highest BCUT2D eigenvalue weighted by molar-refractivity contribution is 6.31. The average molecular weight is 436 g/mol. The van der Waals surface area contributed by atoms with Crippen LogP contribution < -0.4 is 10.6 Å². The van der Waals surface area contributed by atoms with Gasteiger partial charge in [-0.3, -0.25) is 4.79 Å². The van der Waals surface area contributed by atoms with Gasteiger partial charge in [0, 0.05) is 22.6 Å². The van der Waals surface area contributed by atoms with Gasteiger partial charge in [0.1, 0.15) is 5.69 Å². The van der Waals surface area contributed by atoms with Gasteiger partial charge in [0.2, 0.25) is 0 Å². The molecule has 158 valence electrons. The molecule has 3 aromatic rings. The molecule has 0 fully saturated rings. The summed E-state index contributed by atoms with van der Waals surface area (Å²) in [7, 11) is 0. The van der Waals surface area contributed by atoms with Gasteiger partial charge in [0.15, 0.2) is 0 Å². The van der Waals surface area contributed by atoms with Crippen LogP contribution in [0.5, 0.6) is 0 Å². The Morgan fingerprint density at radius 2 is 1.90 bits per heavy atom. The first-order valence-electron chi connectivity index (χ1n) is 9.43. The van der Waals surface area contributed by atoms with Crippen LogP contribution in [0.25, 0.3) is 10.9 Å². The Morgan fingerprint density at radius 1 is 1.17 bits per heavy atom. The summed E-state index contributed by atoms with van der Waals surface area (Å²) in [4.78, 5) is 16.9. The van der Waals surface area contributed by atoms with E-state index >= 15 is 0 Å². The predicted octanol–water partition coefficient (Wildman–Crippen LogP) is 6.14. The summed E-state index contributed by atoms with van der Waals surface area (Å²) in [5, 5.41) is 6.91. The van der Waals surface area contributed by atoms with E-state index < -0.39 is 17.6 Å². The highest BCUT2D eigenvalue weighted by atomic mass is 35.5. The van der Waals surface area contributed by atoms with E-state index in [1.54, 1.807) is 0 Å². The molecule has 0 saturated carbocycles. The van der Waals surface area contributed by atoms with E-state index in [-0.39, 0.29) is 11.7 Å². The van der Waals surface area contributed by atoms with Crippen LogP contribution in [0.3, 0.4) is 0 Å². The lowest BCUT2D eigenvalue weighted by Gasteiger charge is -2.18. The summed E-state index contributed by atoms with van der Waals surface area (Å²) in [5.74, 6) is -0.436. The highest BCUT2D eigenvalue weighted by Gasteiger charge is 2.30. The molecule has 1 aromatic heterocycles. The lowest BCUT2D eigenvalue weighted by Crippen LogP contribution is -2.27. The van der Waals surface area contributed by atoms with E-state index in [2.05, 4.69) is 15.6 Å². The minimum atomic E-state index is -4.43. The zero-order valence-corrected chi connectivity index (χ0v) is 17.4. The van der Waals surface area contributed by atoms with E-state index in [4.69, 9.17) is 11.6 Å². The van der Waals surface area contributed by atoms with Crippen LogP contribution in [-0.4, -0.2) is 17.4 Å². The van der Waals surface area contributed by atoms with Gasteiger partial charge in [-0.2, -0.15) is 13.2 Å². The van der Waals surface area contributed by atoms with Crippen molar-refractivity contribution in [3.63, 3.8) is 0 Å². The molecule has 2 aromatic carbocycles. The first-order chi connectivity index (χ1) is 14.1. The summed E-state index contributed by atoms with van der Waals surface area (Å²) in [6.45, 7) is 6.51. The number of hydrogen-bond acceptors (Lipinski definition) is 3. The second-order valence-corrected chi connectivity index (χ2v) is 7.42. The molecule has 3 rings (SSSR count). The van der Waals surface area contributed by atoms with Crippen LogP contribution in [0.4, 0.5) is 18.9 Å². The molecule has 1 heterocycles. The van der Waals surface area contributed by atoms with Crippen molar-refractivity contribution < 1.29 is 18.0 Å². The smallest absolute Gasteiger partial charge is 0.385 e. The van der Waals surface area contributed by atoms with Crippen molar-refractivity contribution in [2.24, 2.45) is 0 Å². The van der Waals surface area contributed by atoms with Gasteiger partial charge in [-0.1, -0.05) is 23.7 Å². The molecular weight excluding hydrogens is 415 g/mol. The number of aryl methyl sites for hydroxylation is 1. The second kappa shape index (κ2) is 8.52. The summed E-state index contributed by atoms with van der Waals surface area (Å²) in [6.07, 6.45) is -4.43. The second-order valence-electron chi connectivity index (χ2n) is 7.02. The molecule has 1 amide bonds. The van der Waals surface area contributed by atoms with Gasteiger partial charge in [-0.05, 0) is 62.2 Å². The maximum atomic E-state index is 12.9. The minimum absolute atomic E-state index is 0.117. The maximum Gasteiger partial charge on any atom is 0.416 e. The number of carbonyl (C=O) groups is 1. The van der Waals surface area contributed by atoms with E-state index in [9.17, 15) is 18.0 Å². The van der Waals surface area contributed by atoms with E-state index in [0.29, 0.717) is 15.9 Å². The Hall–Kier alpha value is -2.80. The summed E-state index contributed by atoms with van der Waals surface area (Å²) < 4.78 is 38.6. The molecule has 0 radical (unpaired) electrons. The Balaban J connectivity index is 1.81.